The number of aromatic amines is 1. The van der Waals surface area contributed by atoms with Gasteiger partial charge < -0.3 is 10.6 Å². The van der Waals surface area contributed by atoms with Gasteiger partial charge in [0.1, 0.15) is 5.69 Å². The van der Waals surface area contributed by atoms with Crippen LogP contribution in [0.4, 0.5) is 5.82 Å². The van der Waals surface area contributed by atoms with E-state index in [0.717, 1.165) is 5.56 Å². The number of nitriles is 1. The molecule has 9 heteroatoms. The minimum atomic E-state index is -0.435. The van der Waals surface area contributed by atoms with Crippen molar-refractivity contribution in [1.29, 1.82) is 5.26 Å². The number of aromatic nitrogens is 2. The first kappa shape index (κ1) is 20.6. The van der Waals surface area contributed by atoms with Gasteiger partial charge in [-0.2, -0.15) is 10.4 Å². The molecular weight excluding hydrogens is 458 g/mol. The smallest absolute Gasteiger partial charge is 0.270 e. The predicted molar refractivity (Wildman–Crippen MR) is 113 cm³/mol. The molecule has 0 saturated carbocycles. The maximum absolute atomic E-state index is 12.4. The number of rotatable bonds is 6. The molecule has 0 radical (unpaired) electrons. The third-order valence-electron chi connectivity index (χ3n) is 4.07. The quantitative estimate of drug-likeness (QED) is 0.505. The summed E-state index contributed by atoms with van der Waals surface area (Å²) in [5, 5.41) is 21.1. The van der Waals surface area contributed by atoms with Crippen molar-refractivity contribution >= 4 is 45.2 Å². The molecule has 7 nitrogen and oxygen atoms in total. The summed E-state index contributed by atoms with van der Waals surface area (Å²) in [5.74, 6) is -0.612. The molecule has 3 rings (SSSR count). The SMILES string of the molecule is N#Cc1ccc(CCNC(=O)c2[nH]nc(NC(=O)c3ccccc3Cl)c2Br)cc1. The number of hydrogen-bond acceptors (Lipinski definition) is 4. The van der Waals surface area contributed by atoms with Crippen LogP contribution in [0.25, 0.3) is 0 Å². The monoisotopic (exact) mass is 471 g/mol. The van der Waals surface area contributed by atoms with Crippen molar-refractivity contribution in [1.82, 2.24) is 15.5 Å². The Morgan fingerprint density at radius 3 is 2.55 bits per heavy atom. The van der Waals surface area contributed by atoms with Gasteiger partial charge in [0, 0.05) is 6.54 Å². The Kier molecular flexibility index (Phi) is 6.65. The molecule has 0 aliphatic rings. The second-order valence-corrected chi connectivity index (χ2v) is 7.21. The molecule has 2 amide bonds. The van der Waals surface area contributed by atoms with Gasteiger partial charge in [-0.3, -0.25) is 14.7 Å². The predicted octanol–water partition coefficient (Wildman–Crippen LogP) is 3.92. The third-order valence-corrected chi connectivity index (χ3v) is 5.17. The van der Waals surface area contributed by atoms with E-state index in [1.165, 1.54) is 0 Å². The molecular formula is C20H15BrClN5O2. The van der Waals surface area contributed by atoms with Gasteiger partial charge in [-0.05, 0) is 52.2 Å². The highest BCUT2D eigenvalue weighted by Crippen LogP contribution is 2.25. The lowest BCUT2D eigenvalue weighted by Gasteiger charge is -2.06. The van der Waals surface area contributed by atoms with Crippen molar-refractivity contribution in [2.75, 3.05) is 11.9 Å². The summed E-state index contributed by atoms with van der Waals surface area (Å²) in [6, 6.07) is 15.9. The number of nitrogens with zero attached hydrogens (tertiary/aromatic N) is 2. The van der Waals surface area contributed by atoms with Gasteiger partial charge in [-0.15, -0.1) is 0 Å². The highest BCUT2D eigenvalue weighted by molar-refractivity contribution is 9.10. The fourth-order valence-corrected chi connectivity index (χ4v) is 3.21. The number of H-pyrrole nitrogens is 1. The molecule has 1 aromatic heterocycles. The average Bonchev–Trinajstić information content (AvgIpc) is 3.09. The molecule has 0 unspecified atom stereocenters. The molecule has 146 valence electrons. The van der Waals surface area contributed by atoms with Crippen LogP contribution >= 0.6 is 27.5 Å². The second kappa shape index (κ2) is 9.37. The number of hydrogen-bond donors (Lipinski definition) is 3. The first-order valence-electron chi connectivity index (χ1n) is 8.56. The van der Waals surface area contributed by atoms with E-state index in [-0.39, 0.29) is 17.4 Å². The zero-order valence-electron chi connectivity index (χ0n) is 15.0. The Balaban J connectivity index is 1.59. The Hall–Kier alpha value is -3.15. The first-order chi connectivity index (χ1) is 14.0. The van der Waals surface area contributed by atoms with Crippen LogP contribution in [0.2, 0.25) is 5.02 Å². The van der Waals surface area contributed by atoms with E-state index in [1.807, 2.05) is 12.1 Å². The zero-order valence-corrected chi connectivity index (χ0v) is 17.3. The summed E-state index contributed by atoms with van der Waals surface area (Å²) >= 11 is 9.32. The third kappa shape index (κ3) is 5.02. The van der Waals surface area contributed by atoms with Gasteiger partial charge >= 0.3 is 0 Å². The van der Waals surface area contributed by atoms with E-state index >= 15 is 0 Å². The Bertz CT molecular complexity index is 1090. The normalized spacial score (nSPS) is 10.2. The largest absolute Gasteiger partial charge is 0.350 e. The van der Waals surface area contributed by atoms with Crippen molar-refractivity contribution in [2.24, 2.45) is 0 Å². The highest BCUT2D eigenvalue weighted by atomic mass is 79.9. The topological polar surface area (TPSA) is 111 Å². The standard InChI is InChI=1S/C20H15BrClN5O2/c21-16-17(20(29)24-10-9-12-5-7-13(11-23)8-6-12)26-27-18(16)25-19(28)14-3-1-2-4-15(14)22/h1-8H,9-10H2,(H,24,29)(H2,25,26,27,28). The molecule has 0 aliphatic heterocycles. The molecule has 2 aromatic carbocycles. The summed E-state index contributed by atoms with van der Waals surface area (Å²) in [7, 11) is 0. The van der Waals surface area contributed by atoms with Crippen molar-refractivity contribution in [3.63, 3.8) is 0 Å². The van der Waals surface area contributed by atoms with Crippen molar-refractivity contribution in [3.05, 3.63) is 80.4 Å². The Labute approximate surface area is 180 Å². The summed E-state index contributed by atoms with van der Waals surface area (Å²) in [6.07, 6.45) is 0.610. The number of amides is 2. The minimum absolute atomic E-state index is 0.187. The fourth-order valence-electron chi connectivity index (χ4n) is 2.54. The first-order valence-corrected chi connectivity index (χ1v) is 9.73. The molecule has 0 bridgehead atoms. The molecule has 3 N–H and O–H groups in total. The van der Waals surface area contributed by atoms with Gasteiger partial charge in [-0.1, -0.05) is 35.9 Å². The van der Waals surface area contributed by atoms with E-state index in [2.05, 4.69) is 42.8 Å². The number of halogens is 2. The van der Waals surface area contributed by atoms with Crippen LogP contribution in [0.3, 0.4) is 0 Å². The molecule has 0 aliphatic carbocycles. The van der Waals surface area contributed by atoms with E-state index in [1.54, 1.807) is 36.4 Å². The average molecular weight is 473 g/mol. The van der Waals surface area contributed by atoms with Crippen LogP contribution in [0.15, 0.2) is 53.0 Å². The van der Waals surface area contributed by atoms with Gasteiger partial charge in [0.25, 0.3) is 11.8 Å². The zero-order chi connectivity index (χ0) is 20.8. The number of anilines is 1. The molecule has 0 spiro atoms. The number of benzene rings is 2. The van der Waals surface area contributed by atoms with Crippen LogP contribution in [0.1, 0.15) is 32.0 Å². The van der Waals surface area contributed by atoms with Crippen LogP contribution in [-0.2, 0) is 6.42 Å². The van der Waals surface area contributed by atoms with Gasteiger partial charge in [0.15, 0.2) is 5.82 Å². The fraction of sp³-hybridized carbons (Fsp3) is 0.100. The highest BCUT2D eigenvalue weighted by Gasteiger charge is 2.19. The van der Waals surface area contributed by atoms with E-state index < -0.39 is 5.91 Å². The van der Waals surface area contributed by atoms with Crippen LogP contribution < -0.4 is 10.6 Å². The number of nitrogens with one attached hydrogen (secondary N) is 3. The van der Waals surface area contributed by atoms with Crippen LogP contribution in [-0.4, -0.2) is 28.6 Å². The molecule has 3 aromatic rings. The van der Waals surface area contributed by atoms with Crippen LogP contribution in [0, 0.1) is 11.3 Å². The van der Waals surface area contributed by atoms with Crippen molar-refractivity contribution < 1.29 is 9.59 Å². The Morgan fingerprint density at radius 1 is 1.14 bits per heavy atom. The lowest BCUT2D eigenvalue weighted by Crippen LogP contribution is -2.26. The molecule has 0 fully saturated rings. The molecule has 0 saturated heterocycles. The van der Waals surface area contributed by atoms with Crippen molar-refractivity contribution in [2.45, 2.75) is 6.42 Å². The summed E-state index contributed by atoms with van der Waals surface area (Å²) < 4.78 is 0.341. The second-order valence-electron chi connectivity index (χ2n) is 6.01. The molecule has 0 atom stereocenters. The summed E-state index contributed by atoms with van der Waals surface area (Å²) in [5.41, 5.74) is 2.09. The van der Waals surface area contributed by atoms with Gasteiger partial charge in [0.2, 0.25) is 0 Å². The van der Waals surface area contributed by atoms with E-state index in [9.17, 15) is 9.59 Å². The van der Waals surface area contributed by atoms with E-state index in [4.69, 9.17) is 16.9 Å². The summed E-state index contributed by atoms with van der Waals surface area (Å²) in [6.45, 7) is 0.400. The van der Waals surface area contributed by atoms with Crippen molar-refractivity contribution in [3.8, 4) is 6.07 Å². The number of carbonyl (C=O) groups excluding carboxylic acids is 2. The molecule has 1 heterocycles. The van der Waals surface area contributed by atoms with Gasteiger partial charge in [0.05, 0.1) is 26.7 Å². The lowest BCUT2D eigenvalue weighted by atomic mass is 10.1. The summed E-state index contributed by atoms with van der Waals surface area (Å²) in [4.78, 5) is 24.7. The number of carbonyl (C=O) groups is 2. The maximum Gasteiger partial charge on any atom is 0.270 e. The van der Waals surface area contributed by atoms with Gasteiger partial charge in [-0.25, -0.2) is 0 Å². The lowest BCUT2D eigenvalue weighted by molar-refractivity contribution is 0.0947. The maximum atomic E-state index is 12.4. The Morgan fingerprint density at radius 2 is 1.86 bits per heavy atom. The van der Waals surface area contributed by atoms with E-state index in [0.29, 0.717) is 33.6 Å². The van der Waals surface area contributed by atoms with Crippen LogP contribution in [0.5, 0.6) is 0 Å². The molecule has 29 heavy (non-hydrogen) atoms. The minimum Gasteiger partial charge on any atom is -0.350 e.